The van der Waals surface area contributed by atoms with E-state index in [4.69, 9.17) is 4.74 Å². The number of anilines is 2. The lowest BCUT2D eigenvalue weighted by Crippen LogP contribution is -2.19. The summed E-state index contributed by atoms with van der Waals surface area (Å²) in [6, 6.07) is 9.36. The zero-order chi connectivity index (χ0) is 22.4. The minimum atomic E-state index is -4.43. The van der Waals surface area contributed by atoms with E-state index in [2.05, 4.69) is 20.8 Å². The van der Waals surface area contributed by atoms with Crippen LogP contribution in [0.1, 0.15) is 16.8 Å². The lowest BCUT2D eigenvalue weighted by Gasteiger charge is -2.08. The van der Waals surface area contributed by atoms with Crippen molar-refractivity contribution in [3.63, 3.8) is 0 Å². The van der Waals surface area contributed by atoms with Gasteiger partial charge in [0.25, 0.3) is 0 Å². The second-order valence-corrected chi connectivity index (χ2v) is 7.11. The first kappa shape index (κ1) is 22.1. The summed E-state index contributed by atoms with van der Waals surface area (Å²) in [6.07, 6.45) is -3.10. The Labute approximate surface area is 179 Å². The molecule has 0 saturated heterocycles. The SMILES string of the molecule is COc1cc(/C=N\NC(=O)Cc2csc(Nc3cccc(C(F)(F)F)c3)n2)ccc1O. The number of halogens is 3. The Morgan fingerprint density at radius 3 is 2.84 bits per heavy atom. The van der Waals surface area contributed by atoms with Crippen LogP contribution in [0.25, 0.3) is 0 Å². The summed E-state index contributed by atoms with van der Waals surface area (Å²) in [5.41, 5.74) is 2.89. The molecule has 1 amide bonds. The average Bonchev–Trinajstić information content (AvgIpc) is 3.15. The molecule has 0 saturated carbocycles. The molecule has 0 aliphatic carbocycles. The first-order chi connectivity index (χ1) is 14.7. The topological polar surface area (TPSA) is 95.8 Å². The van der Waals surface area contributed by atoms with Gasteiger partial charge in [-0.05, 0) is 42.0 Å². The first-order valence-corrected chi connectivity index (χ1v) is 9.70. The van der Waals surface area contributed by atoms with Crippen LogP contribution < -0.4 is 15.5 Å². The Kier molecular flexibility index (Phi) is 6.75. The monoisotopic (exact) mass is 450 g/mol. The van der Waals surface area contributed by atoms with Gasteiger partial charge in [0.05, 0.1) is 31.0 Å². The molecule has 3 rings (SSSR count). The molecule has 3 N–H and O–H groups in total. The number of amides is 1. The summed E-state index contributed by atoms with van der Waals surface area (Å²) in [4.78, 5) is 16.2. The average molecular weight is 450 g/mol. The number of aromatic nitrogens is 1. The van der Waals surface area contributed by atoms with Gasteiger partial charge in [-0.15, -0.1) is 11.3 Å². The summed E-state index contributed by atoms with van der Waals surface area (Å²) >= 11 is 1.17. The summed E-state index contributed by atoms with van der Waals surface area (Å²) in [7, 11) is 1.42. The molecule has 1 heterocycles. The number of phenols is 1. The van der Waals surface area contributed by atoms with E-state index in [0.717, 1.165) is 12.1 Å². The number of carbonyl (C=O) groups is 1. The molecule has 0 radical (unpaired) electrons. The van der Waals surface area contributed by atoms with Gasteiger partial charge in [0.1, 0.15) is 0 Å². The fourth-order valence-corrected chi connectivity index (χ4v) is 3.23. The number of carbonyl (C=O) groups excluding carboxylic acids is 1. The number of aromatic hydroxyl groups is 1. The van der Waals surface area contributed by atoms with E-state index in [-0.39, 0.29) is 23.6 Å². The van der Waals surface area contributed by atoms with Gasteiger partial charge in [0, 0.05) is 11.1 Å². The summed E-state index contributed by atoms with van der Waals surface area (Å²) in [5, 5.41) is 18.2. The Morgan fingerprint density at radius 2 is 2.10 bits per heavy atom. The van der Waals surface area contributed by atoms with Crippen molar-refractivity contribution in [2.45, 2.75) is 12.6 Å². The van der Waals surface area contributed by atoms with Crippen LogP contribution in [-0.4, -0.2) is 29.3 Å². The Hall–Kier alpha value is -3.60. The summed E-state index contributed by atoms with van der Waals surface area (Å²) < 4.78 is 43.4. The second-order valence-electron chi connectivity index (χ2n) is 6.25. The van der Waals surface area contributed by atoms with Gasteiger partial charge in [0.2, 0.25) is 5.91 Å². The number of phenolic OH excluding ortho intramolecular Hbond substituents is 1. The van der Waals surface area contributed by atoms with E-state index in [0.29, 0.717) is 16.4 Å². The van der Waals surface area contributed by atoms with Crippen LogP contribution in [0.5, 0.6) is 11.5 Å². The van der Waals surface area contributed by atoms with Crippen LogP contribution in [0.15, 0.2) is 52.9 Å². The number of rotatable bonds is 7. The van der Waals surface area contributed by atoms with E-state index in [1.165, 1.54) is 42.9 Å². The third kappa shape index (κ3) is 6.19. The van der Waals surface area contributed by atoms with Gasteiger partial charge in [-0.2, -0.15) is 18.3 Å². The van der Waals surface area contributed by atoms with Crippen LogP contribution in [0.4, 0.5) is 24.0 Å². The van der Waals surface area contributed by atoms with E-state index in [9.17, 15) is 23.1 Å². The third-order valence-electron chi connectivity index (χ3n) is 3.94. The maximum absolute atomic E-state index is 12.8. The molecule has 2 aromatic carbocycles. The maximum Gasteiger partial charge on any atom is 0.416 e. The zero-order valence-corrected chi connectivity index (χ0v) is 16.9. The van der Waals surface area contributed by atoms with Crippen LogP contribution >= 0.6 is 11.3 Å². The molecule has 0 aliphatic heterocycles. The molecule has 3 aromatic rings. The minimum Gasteiger partial charge on any atom is -0.504 e. The van der Waals surface area contributed by atoms with Crippen LogP contribution in [-0.2, 0) is 17.4 Å². The standard InChI is InChI=1S/C20H17F3N4O3S/c1-30-17-7-12(5-6-16(17)28)10-24-27-18(29)9-15-11-31-19(26-15)25-14-4-2-3-13(8-14)20(21,22)23/h2-8,10-11,28H,9H2,1H3,(H,25,26)(H,27,29)/b24-10-. The Balaban J connectivity index is 1.55. The molecule has 0 bridgehead atoms. The number of ether oxygens (including phenoxy) is 1. The van der Waals surface area contributed by atoms with E-state index >= 15 is 0 Å². The lowest BCUT2D eigenvalue weighted by atomic mass is 10.2. The number of thiazole rings is 1. The number of nitrogens with zero attached hydrogens (tertiary/aromatic N) is 2. The summed E-state index contributed by atoms with van der Waals surface area (Å²) in [5.74, 6) is -0.154. The van der Waals surface area contributed by atoms with E-state index in [1.54, 1.807) is 17.5 Å². The molecule has 0 spiro atoms. The fourth-order valence-electron chi connectivity index (χ4n) is 2.50. The largest absolute Gasteiger partial charge is 0.504 e. The number of methoxy groups -OCH3 is 1. The minimum absolute atomic E-state index is 0.0123. The highest BCUT2D eigenvalue weighted by Crippen LogP contribution is 2.32. The molecule has 162 valence electrons. The molecule has 7 nitrogen and oxygen atoms in total. The van der Waals surface area contributed by atoms with Crippen molar-refractivity contribution in [2.75, 3.05) is 12.4 Å². The zero-order valence-electron chi connectivity index (χ0n) is 16.1. The number of hydrogen-bond donors (Lipinski definition) is 3. The molecular formula is C20H17F3N4O3S. The van der Waals surface area contributed by atoms with Crippen molar-refractivity contribution < 1.29 is 27.8 Å². The molecular weight excluding hydrogens is 433 g/mol. The predicted octanol–water partition coefficient (Wildman–Crippen LogP) is 4.31. The quantitative estimate of drug-likeness (QED) is 0.368. The highest BCUT2D eigenvalue weighted by molar-refractivity contribution is 7.13. The van der Waals surface area contributed by atoms with Crippen molar-refractivity contribution in [3.05, 3.63) is 64.7 Å². The van der Waals surface area contributed by atoms with Gasteiger partial charge in [0.15, 0.2) is 16.6 Å². The number of benzene rings is 2. The van der Waals surface area contributed by atoms with E-state index < -0.39 is 17.6 Å². The third-order valence-corrected chi connectivity index (χ3v) is 4.75. The summed E-state index contributed by atoms with van der Waals surface area (Å²) in [6.45, 7) is 0. The normalized spacial score (nSPS) is 11.5. The molecule has 1 aromatic heterocycles. The van der Waals surface area contributed by atoms with Crippen molar-refractivity contribution >= 4 is 34.3 Å². The second kappa shape index (κ2) is 9.47. The van der Waals surface area contributed by atoms with Gasteiger partial charge >= 0.3 is 6.18 Å². The number of alkyl halides is 3. The number of hydrazone groups is 1. The van der Waals surface area contributed by atoms with Gasteiger partial charge in [-0.1, -0.05) is 6.07 Å². The fraction of sp³-hybridized carbons (Fsp3) is 0.150. The molecule has 11 heteroatoms. The van der Waals surface area contributed by atoms with Gasteiger partial charge < -0.3 is 15.2 Å². The van der Waals surface area contributed by atoms with Crippen molar-refractivity contribution in [1.82, 2.24) is 10.4 Å². The molecule has 0 fully saturated rings. The first-order valence-electron chi connectivity index (χ1n) is 8.82. The highest BCUT2D eigenvalue weighted by Gasteiger charge is 2.30. The molecule has 31 heavy (non-hydrogen) atoms. The highest BCUT2D eigenvalue weighted by atomic mass is 32.1. The van der Waals surface area contributed by atoms with Crippen LogP contribution in [0.3, 0.4) is 0 Å². The number of nitrogens with one attached hydrogen (secondary N) is 2. The van der Waals surface area contributed by atoms with Gasteiger partial charge in [-0.3, -0.25) is 4.79 Å². The Morgan fingerprint density at radius 1 is 1.29 bits per heavy atom. The van der Waals surface area contributed by atoms with Crippen LogP contribution in [0.2, 0.25) is 0 Å². The lowest BCUT2D eigenvalue weighted by molar-refractivity contribution is -0.137. The van der Waals surface area contributed by atoms with Crippen molar-refractivity contribution in [3.8, 4) is 11.5 Å². The Bertz CT molecular complexity index is 1100. The van der Waals surface area contributed by atoms with Crippen molar-refractivity contribution in [1.29, 1.82) is 0 Å². The predicted molar refractivity (Wildman–Crippen MR) is 111 cm³/mol. The maximum atomic E-state index is 12.8. The molecule has 0 atom stereocenters. The van der Waals surface area contributed by atoms with E-state index in [1.807, 2.05) is 0 Å². The van der Waals surface area contributed by atoms with Gasteiger partial charge in [-0.25, -0.2) is 10.4 Å². The van der Waals surface area contributed by atoms with Crippen molar-refractivity contribution in [2.24, 2.45) is 5.10 Å². The number of hydrogen-bond acceptors (Lipinski definition) is 7. The smallest absolute Gasteiger partial charge is 0.416 e. The molecule has 0 unspecified atom stereocenters. The molecule has 0 aliphatic rings. The van der Waals surface area contributed by atoms with Crippen LogP contribution in [0, 0.1) is 0 Å².